The van der Waals surface area contributed by atoms with E-state index in [1.165, 1.54) is 32.4 Å². The molecule has 1 aromatic carbocycles. The van der Waals surface area contributed by atoms with Gasteiger partial charge in [-0.05, 0) is 24.7 Å². The molecule has 98 valence electrons. The second kappa shape index (κ2) is 4.34. The topological polar surface area (TPSA) is 38.5 Å². The van der Waals surface area contributed by atoms with Crippen molar-refractivity contribution in [3.8, 4) is 5.75 Å². The number of ether oxygens (including phenoxy) is 1. The molecular weight excluding hydrogens is 231 g/mol. The molecule has 0 aromatic heterocycles. The molecule has 2 N–H and O–H groups in total. The number of nitrogen functional groups attached to an aromatic ring is 1. The van der Waals surface area contributed by atoms with Gasteiger partial charge in [0.1, 0.15) is 0 Å². The highest BCUT2D eigenvalue weighted by molar-refractivity contribution is 5.70. The van der Waals surface area contributed by atoms with Gasteiger partial charge in [0.15, 0.2) is 11.6 Å². The molecule has 18 heavy (non-hydrogen) atoms. The monoisotopic (exact) mass is 250 g/mol. The molecule has 1 saturated heterocycles. The van der Waals surface area contributed by atoms with Gasteiger partial charge in [-0.25, -0.2) is 4.39 Å². The summed E-state index contributed by atoms with van der Waals surface area (Å²) in [4.78, 5) is 2.28. The molecule has 1 aliphatic carbocycles. The summed E-state index contributed by atoms with van der Waals surface area (Å²) in [6.07, 6.45) is 3.99. The standard InChI is InChI=1S/C14H19FN2O/c1-18-14-6-13(12(16)5-11(14)15)17-7-9-3-2-4-10(9)8-17/h5-6,9-10H,2-4,7-8,16H2,1H3. The average molecular weight is 250 g/mol. The first-order chi connectivity index (χ1) is 8.69. The molecule has 3 nitrogen and oxygen atoms in total. The van der Waals surface area contributed by atoms with Crippen LogP contribution < -0.4 is 15.4 Å². The minimum Gasteiger partial charge on any atom is -0.494 e. The number of fused-ring (bicyclic) bond motifs is 1. The van der Waals surface area contributed by atoms with E-state index in [1.54, 1.807) is 6.07 Å². The Morgan fingerprint density at radius 1 is 1.28 bits per heavy atom. The van der Waals surface area contributed by atoms with Gasteiger partial charge in [0.05, 0.1) is 18.5 Å². The Kier molecular flexibility index (Phi) is 2.80. The normalized spacial score (nSPS) is 26.4. The first-order valence-corrected chi connectivity index (χ1v) is 6.57. The summed E-state index contributed by atoms with van der Waals surface area (Å²) in [5, 5.41) is 0. The molecule has 2 unspecified atom stereocenters. The van der Waals surface area contributed by atoms with Crippen molar-refractivity contribution in [1.82, 2.24) is 0 Å². The Bertz CT molecular complexity index is 451. The Morgan fingerprint density at radius 2 is 1.94 bits per heavy atom. The number of nitrogens with zero attached hydrogens (tertiary/aromatic N) is 1. The second-order valence-electron chi connectivity index (χ2n) is 5.40. The number of anilines is 2. The Labute approximate surface area is 107 Å². The molecule has 2 aliphatic rings. The van der Waals surface area contributed by atoms with Crippen LogP contribution >= 0.6 is 0 Å². The van der Waals surface area contributed by atoms with Crippen LogP contribution in [0.25, 0.3) is 0 Å². The SMILES string of the molecule is COc1cc(N2CC3CCCC3C2)c(N)cc1F. The zero-order valence-corrected chi connectivity index (χ0v) is 10.7. The van der Waals surface area contributed by atoms with E-state index in [0.717, 1.165) is 30.6 Å². The van der Waals surface area contributed by atoms with Crippen molar-refractivity contribution in [3.05, 3.63) is 17.9 Å². The first-order valence-electron chi connectivity index (χ1n) is 6.57. The van der Waals surface area contributed by atoms with Gasteiger partial charge >= 0.3 is 0 Å². The molecule has 1 aliphatic heterocycles. The zero-order valence-electron chi connectivity index (χ0n) is 10.7. The van der Waals surface area contributed by atoms with Gasteiger partial charge in [0, 0.05) is 25.2 Å². The number of halogens is 1. The maximum Gasteiger partial charge on any atom is 0.167 e. The van der Waals surface area contributed by atoms with Crippen LogP contribution in [0.15, 0.2) is 12.1 Å². The van der Waals surface area contributed by atoms with Crippen molar-refractivity contribution in [2.24, 2.45) is 11.8 Å². The fraction of sp³-hybridized carbons (Fsp3) is 0.571. The average Bonchev–Trinajstić information content (AvgIpc) is 2.89. The summed E-state index contributed by atoms with van der Waals surface area (Å²) >= 11 is 0. The molecule has 3 rings (SSSR count). The predicted molar refractivity (Wildman–Crippen MR) is 70.4 cm³/mol. The number of hydrogen-bond acceptors (Lipinski definition) is 3. The summed E-state index contributed by atoms with van der Waals surface area (Å²) in [6, 6.07) is 3.09. The Balaban J connectivity index is 1.88. The van der Waals surface area contributed by atoms with E-state index in [1.807, 2.05) is 0 Å². The molecule has 0 radical (unpaired) electrons. The third kappa shape index (κ3) is 1.80. The van der Waals surface area contributed by atoms with Crippen LogP contribution in [0.1, 0.15) is 19.3 Å². The molecular formula is C14H19FN2O. The van der Waals surface area contributed by atoms with E-state index in [0.29, 0.717) is 5.69 Å². The van der Waals surface area contributed by atoms with Gasteiger partial charge in [-0.1, -0.05) is 6.42 Å². The van der Waals surface area contributed by atoms with Crippen molar-refractivity contribution in [2.75, 3.05) is 30.8 Å². The lowest BCUT2D eigenvalue weighted by Gasteiger charge is -2.22. The number of hydrogen-bond donors (Lipinski definition) is 1. The highest BCUT2D eigenvalue weighted by Gasteiger charge is 2.36. The van der Waals surface area contributed by atoms with E-state index in [4.69, 9.17) is 10.5 Å². The van der Waals surface area contributed by atoms with Gasteiger partial charge in [-0.2, -0.15) is 0 Å². The minimum absolute atomic E-state index is 0.274. The molecule has 2 fully saturated rings. The quantitative estimate of drug-likeness (QED) is 0.820. The summed E-state index contributed by atoms with van der Waals surface area (Å²) in [6.45, 7) is 2.09. The third-order valence-corrected chi connectivity index (χ3v) is 4.37. The van der Waals surface area contributed by atoms with E-state index >= 15 is 0 Å². The lowest BCUT2D eigenvalue weighted by Crippen LogP contribution is -2.22. The van der Waals surface area contributed by atoms with E-state index < -0.39 is 5.82 Å². The van der Waals surface area contributed by atoms with Crippen LogP contribution in [0.2, 0.25) is 0 Å². The Morgan fingerprint density at radius 3 is 2.56 bits per heavy atom. The van der Waals surface area contributed by atoms with Crippen molar-refractivity contribution in [2.45, 2.75) is 19.3 Å². The molecule has 0 amide bonds. The maximum atomic E-state index is 13.5. The summed E-state index contributed by atoms with van der Waals surface area (Å²) < 4.78 is 18.6. The van der Waals surface area contributed by atoms with Gasteiger partial charge in [-0.15, -0.1) is 0 Å². The molecule has 1 aromatic rings. The van der Waals surface area contributed by atoms with Crippen LogP contribution in [0.5, 0.6) is 5.75 Å². The molecule has 0 bridgehead atoms. The number of nitrogens with two attached hydrogens (primary N) is 1. The van der Waals surface area contributed by atoms with E-state index in [9.17, 15) is 4.39 Å². The summed E-state index contributed by atoms with van der Waals surface area (Å²) in [7, 11) is 1.48. The first kappa shape index (κ1) is 11.6. The number of methoxy groups -OCH3 is 1. The van der Waals surface area contributed by atoms with Gasteiger partial charge in [-0.3, -0.25) is 0 Å². The van der Waals surface area contributed by atoms with Crippen LogP contribution in [0.3, 0.4) is 0 Å². The van der Waals surface area contributed by atoms with Crippen LogP contribution in [0.4, 0.5) is 15.8 Å². The molecule has 0 spiro atoms. The van der Waals surface area contributed by atoms with Crippen molar-refractivity contribution >= 4 is 11.4 Å². The summed E-state index contributed by atoms with van der Waals surface area (Å²) in [5.41, 5.74) is 7.36. The Hall–Kier alpha value is -1.45. The van der Waals surface area contributed by atoms with E-state index in [2.05, 4.69) is 4.90 Å². The number of benzene rings is 1. The molecule has 1 heterocycles. The predicted octanol–water partition coefficient (Wildman–Crippen LogP) is 2.65. The van der Waals surface area contributed by atoms with Crippen LogP contribution in [0, 0.1) is 17.7 Å². The minimum atomic E-state index is -0.391. The lowest BCUT2D eigenvalue weighted by atomic mass is 10.0. The molecule has 2 atom stereocenters. The van der Waals surface area contributed by atoms with Crippen molar-refractivity contribution in [1.29, 1.82) is 0 Å². The van der Waals surface area contributed by atoms with Crippen molar-refractivity contribution in [3.63, 3.8) is 0 Å². The molecule has 1 saturated carbocycles. The largest absolute Gasteiger partial charge is 0.494 e. The van der Waals surface area contributed by atoms with Gasteiger partial charge in [0.2, 0.25) is 0 Å². The molecule has 4 heteroatoms. The van der Waals surface area contributed by atoms with E-state index in [-0.39, 0.29) is 5.75 Å². The second-order valence-corrected chi connectivity index (χ2v) is 5.40. The third-order valence-electron chi connectivity index (χ3n) is 4.37. The fourth-order valence-corrected chi connectivity index (χ4v) is 3.42. The summed E-state index contributed by atoms with van der Waals surface area (Å²) in [5.74, 6) is 1.47. The lowest BCUT2D eigenvalue weighted by molar-refractivity contribution is 0.387. The maximum absolute atomic E-state index is 13.5. The van der Waals surface area contributed by atoms with Crippen LogP contribution in [-0.2, 0) is 0 Å². The number of rotatable bonds is 2. The van der Waals surface area contributed by atoms with Gasteiger partial charge < -0.3 is 15.4 Å². The van der Waals surface area contributed by atoms with Crippen molar-refractivity contribution < 1.29 is 9.13 Å². The fourth-order valence-electron chi connectivity index (χ4n) is 3.42. The smallest absolute Gasteiger partial charge is 0.167 e. The highest BCUT2D eigenvalue weighted by atomic mass is 19.1. The highest BCUT2D eigenvalue weighted by Crippen LogP contribution is 2.42. The zero-order chi connectivity index (χ0) is 12.7. The van der Waals surface area contributed by atoms with Crippen LogP contribution in [-0.4, -0.2) is 20.2 Å². The van der Waals surface area contributed by atoms with Gasteiger partial charge in [0.25, 0.3) is 0 Å².